The third-order valence-corrected chi connectivity index (χ3v) is 14.3. The van der Waals surface area contributed by atoms with Crippen molar-refractivity contribution in [1.82, 2.24) is 9.22 Å². The highest BCUT2D eigenvalue weighted by molar-refractivity contribution is 6.83. The Labute approximate surface area is 183 Å². The van der Waals surface area contributed by atoms with Gasteiger partial charge in [0, 0.05) is 17.0 Å². The van der Waals surface area contributed by atoms with Gasteiger partial charge in [-0.05, 0) is 56.6 Å². The lowest BCUT2D eigenvalue weighted by Crippen LogP contribution is -2.52. The van der Waals surface area contributed by atoms with Gasteiger partial charge in [0.1, 0.15) is 5.52 Å². The van der Waals surface area contributed by atoms with Crippen molar-refractivity contribution in [1.29, 1.82) is 0 Å². The highest BCUT2D eigenvalue weighted by atomic mass is 28.3. The van der Waals surface area contributed by atoms with E-state index in [1.165, 1.54) is 0 Å². The molecule has 166 valence electrons. The van der Waals surface area contributed by atoms with Gasteiger partial charge < -0.3 is 18.3 Å². The third-order valence-electron chi connectivity index (χ3n) is 7.60. The van der Waals surface area contributed by atoms with E-state index in [1.54, 1.807) is 7.11 Å². The largest absolute Gasteiger partial charge is 0.497 e. The van der Waals surface area contributed by atoms with Crippen LogP contribution in [0, 0.1) is 0 Å². The molecule has 3 rings (SSSR count). The summed E-state index contributed by atoms with van der Waals surface area (Å²) in [5.74, 6) is 0.675. The molecule has 0 radical (unpaired) electrons. The zero-order valence-electron chi connectivity index (χ0n) is 20.7. The van der Waals surface area contributed by atoms with Gasteiger partial charge in [0.05, 0.1) is 18.3 Å². The van der Waals surface area contributed by atoms with Crippen molar-refractivity contribution >= 4 is 31.7 Å². The molecule has 3 heterocycles. The van der Waals surface area contributed by atoms with Crippen molar-refractivity contribution in [3.05, 3.63) is 18.5 Å². The van der Waals surface area contributed by atoms with E-state index in [0.29, 0.717) is 22.5 Å². The molecule has 1 saturated heterocycles. The summed E-state index contributed by atoms with van der Waals surface area (Å²) in [6.07, 6.45) is 4.12. The Bertz CT molecular complexity index is 883. The first-order valence-corrected chi connectivity index (χ1v) is 13.4. The molecule has 0 saturated carbocycles. The molecule has 1 fully saturated rings. The number of pyridine rings is 1. The van der Waals surface area contributed by atoms with E-state index in [2.05, 4.69) is 90.7 Å². The number of nitrogens with zero attached hydrogens (tertiary/aromatic N) is 2. The van der Waals surface area contributed by atoms with Crippen LogP contribution in [0.2, 0.25) is 16.6 Å². The second-order valence-corrected chi connectivity index (χ2v) is 16.3. The van der Waals surface area contributed by atoms with Crippen LogP contribution in [0.4, 0.5) is 0 Å². The second-order valence-electron chi connectivity index (χ2n) is 10.6. The fourth-order valence-electron chi connectivity index (χ4n) is 5.62. The summed E-state index contributed by atoms with van der Waals surface area (Å²) in [4.78, 5) is 4.57. The lowest BCUT2D eigenvalue weighted by atomic mass is 9.79. The van der Waals surface area contributed by atoms with Gasteiger partial charge in [-0.1, -0.05) is 41.5 Å². The molecule has 0 spiro atoms. The minimum Gasteiger partial charge on any atom is -0.480 e. The first-order chi connectivity index (χ1) is 13.8. The first-order valence-electron chi connectivity index (χ1n) is 11.2. The smallest absolute Gasteiger partial charge is 0.480 e. The summed E-state index contributed by atoms with van der Waals surface area (Å²) in [6, 6.07) is 2.08. The molecule has 7 heteroatoms. The Morgan fingerprint density at radius 3 is 1.90 bits per heavy atom. The standard InChI is InChI=1S/C23H39BN2O3Si/c1-15(2)30(16(3)4,17(5)6)26-14-19(18-12-13-25-21(27-11)20(18)26)24-28-22(7,8)23(9,10)29-24/h12-17H,1-11H3. The number of ether oxygens (including phenoxy) is 1. The number of hydrogen-bond acceptors (Lipinski definition) is 4. The van der Waals surface area contributed by atoms with Crippen LogP contribution in [0.1, 0.15) is 69.2 Å². The highest BCUT2D eigenvalue weighted by Crippen LogP contribution is 2.45. The zero-order valence-corrected chi connectivity index (χ0v) is 21.7. The van der Waals surface area contributed by atoms with Gasteiger partial charge in [0.2, 0.25) is 5.88 Å². The Morgan fingerprint density at radius 2 is 1.47 bits per heavy atom. The summed E-state index contributed by atoms with van der Waals surface area (Å²) >= 11 is 0. The van der Waals surface area contributed by atoms with Gasteiger partial charge in [-0.15, -0.1) is 0 Å². The summed E-state index contributed by atoms with van der Waals surface area (Å²) in [5.41, 5.74) is 3.02. The number of hydrogen-bond donors (Lipinski definition) is 0. The number of methoxy groups -OCH3 is 1. The molecular formula is C23H39BN2O3Si. The summed E-state index contributed by atoms with van der Waals surface area (Å²) in [6.45, 7) is 22.6. The SMILES string of the molecule is COc1nccc2c(B3OC(C)(C)C(C)(C)O3)cn([Si](C(C)C)(C(C)C)C(C)C)c12. The monoisotopic (exact) mass is 430 g/mol. The van der Waals surface area contributed by atoms with Crippen LogP contribution in [0.15, 0.2) is 18.5 Å². The maximum absolute atomic E-state index is 6.46. The van der Waals surface area contributed by atoms with Crippen molar-refractivity contribution < 1.29 is 14.0 Å². The number of aromatic nitrogens is 2. The van der Waals surface area contributed by atoms with Gasteiger partial charge in [-0.2, -0.15) is 0 Å². The molecule has 2 aromatic heterocycles. The fourth-order valence-corrected chi connectivity index (χ4v) is 12.3. The van der Waals surface area contributed by atoms with Crippen LogP contribution in [-0.4, -0.2) is 42.9 Å². The van der Waals surface area contributed by atoms with E-state index >= 15 is 0 Å². The molecule has 1 aliphatic rings. The minimum atomic E-state index is -2.03. The van der Waals surface area contributed by atoms with Gasteiger partial charge in [0.25, 0.3) is 0 Å². The summed E-state index contributed by atoms with van der Waals surface area (Å²) < 4.78 is 21.2. The van der Waals surface area contributed by atoms with Gasteiger partial charge in [0.15, 0.2) is 8.24 Å². The van der Waals surface area contributed by atoms with E-state index in [4.69, 9.17) is 14.0 Å². The Hall–Kier alpha value is -1.31. The molecule has 0 atom stereocenters. The van der Waals surface area contributed by atoms with Gasteiger partial charge >= 0.3 is 7.12 Å². The van der Waals surface area contributed by atoms with Gasteiger partial charge in [-0.3, -0.25) is 0 Å². The van der Waals surface area contributed by atoms with E-state index in [1.807, 2.05) is 6.20 Å². The van der Waals surface area contributed by atoms with E-state index < -0.39 is 15.4 Å². The van der Waals surface area contributed by atoms with Crippen LogP contribution in [-0.2, 0) is 9.31 Å². The molecule has 1 aliphatic heterocycles. The van der Waals surface area contributed by atoms with E-state index in [-0.39, 0.29) is 11.2 Å². The quantitative estimate of drug-likeness (QED) is 0.578. The predicted octanol–water partition coefficient (Wildman–Crippen LogP) is 5.37. The molecule has 30 heavy (non-hydrogen) atoms. The lowest BCUT2D eigenvalue weighted by Gasteiger charge is -2.44. The van der Waals surface area contributed by atoms with Crippen molar-refractivity contribution in [2.75, 3.05) is 7.11 Å². The average molecular weight is 430 g/mol. The molecule has 0 bridgehead atoms. The van der Waals surface area contributed by atoms with E-state index in [9.17, 15) is 0 Å². The van der Waals surface area contributed by atoms with Crippen LogP contribution < -0.4 is 10.2 Å². The van der Waals surface area contributed by atoms with Crippen LogP contribution in [0.25, 0.3) is 10.9 Å². The lowest BCUT2D eigenvalue weighted by molar-refractivity contribution is 0.00578. The van der Waals surface area contributed by atoms with Crippen molar-refractivity contribution in [3.63, 3.8) is 0 Å². The van der Waals surface area contributed by atoms with Crippen molar-refractivity contribution in [2.24, 2.45) is 0 Å². The molecule has 2 aromatic rings. The molecule has 0 amide bonds. The second kappa shape index (κ2) is 7.68. The fraction of sp³-hybridized carbons (Fsp3) is 0.696. The third kappa shape index (κ3) is 3.24. The van der Waals surface area contributed by atoms with Gasteiger partial charge in [-0.25, -0.2) is 4.98 Å². The number of rotatable bonds is 6. The maximum atomic E-state index is 6.46. The Morgan fingerprint density at radius 1 is 0.967 bits per heavy atom. The van der Waals surface area contributed by atoms with Crippen LogP contribution >= 0.6 is 0 Å². The highest BCUT2D eigenvalue weighted by Gasteiger charge is 2.53. The Kier molecular flexibility index (Phi) is 5.98. The van der Waals surface area contributed by atoms with Crippen LogP contribution in [0.5, 0.6) is 5.88 Å². The Balaban J connectivity index is 2.35. The zero-order chi connectivity index (χ0) is 22.6. The molecule has 5 nitrogen and oxygen atoms in total. The van der Waals surface area contributed by atoms with E-state index in [0.717, 1.165) is 16.4 Å². The predicted molar refractivity (Wildman–Crippen MR) is 128 cm³/mol. The first kappa shape index (κ1) is 23.4. The molecule has 0 aromatic carbocycles. The maximum Gasteiger partial charge on any atom is 0.497 e. The molecule has 0 unspecified atom stereocenters. The molecule has 0 aliphatic carbocycles. The summed E-state index contributed by atoms with van der Waals surface area (Å²) in [7, 11) is -0.739. The van der Waals surface area contributed by atoms with Crippen molar-refractivity contribution in [2.45, 2.75) is 97.1 Å². The summed E-state index contributed by atoms with van der Waals surface area (Å²) in [5, 5.41) is 1.11. The van der Waals surface area contributed by atoms with Crippen LogP contribution in [0.3, 0.4) is 0 Å². The average Bonchev–Trinajstić information content (AvgIpc) is 3.09. The number of fused-ring (bicyclic) bond motifs is 1. The molecule has 0 N–H and O–H groups in total. The topological polar surface area (TPSA) is 45.5 Å². The molecular weight excluding hydrogens is 391 g/mol. The van der Waals surface area contributed by atoms with Crippen molar-refractivity contribution in [3.8, 4) is 5.88 Å². The normalized spacial score (nSPS) is 18.9. The minimum absolute atomic E-state index is 0.383.